The van der Waals surface area contributed by atoms with E-state index in [1.165, 1.54) is 38.5 Å². The van der Waals surface area contributed by atoms with Gasteiger partial charge in [0.15, 0.2) is 0 Å². The molecule has 1 N–H and O–H groups in total. The molecule has 1 aliphatic carbocycles. The van der Waals surface area contributed by atoms with Crippen LogP contribution in [0.15, 0.2) is 0 Å². The highest BCUT2D eigenvalue weighted by molar-refractivity contribution is 5.69. The predicted octanol–water partition coefficient (Wildman–Crippen LogP) is 3.95. The van der Waals surface area contributed by atoms with Crippen molar-refractivity contribution in [3.63, 3.8) is 0 Å². The summed E-state index contributed by atoms with van der Waals surface area (Å²) in [5.41, 5.74) is -0.404. The third-order valence-electron chi connectivity index (χ3n) is 4.84. The summed E-state index contributed by atoms with van der Waals surface area (Å²) >= 11 is 0. The molecule has 4 heteroatoms. The van der Waals surface area contributed by atoms with Crippen molar-refractivity contribution in [1.29, 1.82) is 0 Å². The first-order chi connectivity index (χ1) is 10.5. The average molecular weight is 310 g/mol. The van der Waals surface area contributed by atoms with Crippen molar-refractivity contribution in [3.05, 3.63) is 0 Å². The van der Waals surface area contributed by atoms with Crippen LogP contribution in [0.1, 0.15) is 72.1 Å². The standard InChI is InChI=1S/C18H34N2O2/c1-18(2,3)22-17(21)20-13-7-10-16(20)14-19-12-11-15-8-5-4-6-9-15/h15-16,19H,4-14H2,1-3H3. The lowest BCUT2D eigenvalue weighted by molar-refractivity contribution is 0.0226. The summed E-state index contributed by atoms with van der Waals surface area (Å²) in [4.78, 5) is 14.1. The number of hydrogen-bond donors (Lipinski definition) is 1. The second-order valence-corrected chi connectivity index (χ2v) is 7.97. The summed E-state index contributed by atoms with van der Waals surface area (Å²) < 4.78 is 5.51. The van der Waals surface area contributed by atoms with Crippen molar-refractivity contribution in [2.45, 2.75) is 83.8 Å². The molecule has 1 atom stereocenters. The van der Waals surface area contributed by atoms with Gasteiger partial charge < -0.3 is 15.0 Å². The second kappa shape index (κ2) is 8.19. The molecule has 1 heterocycles. The van der Waals surface area contributed by atoms with Crippen molar-refractivity contribution in [2.75, 3.05) is 19.6 Å². The molecule has 1 amide bonds. The van der Waals surface area contributed by atoms with Crippen LogP contribution < -0.4 is 5.32 Å². The molecule has 2 rings (SSSR count). The largest absolute Gasteiger partial charge is 0.444 e. The summed E-state index contributed by atoms with van der Waals surface area (Å²) in [6.07, 6.45) is 10.4. The summed E-state index contributed by atoms with van der Waals surface area (Å²) in [5.74, 6) is 0.923. The minimum Gasteiger partial charge on any atom is -0.444 e. The molecular weight excluding hydrogens is 276 g/mol. The lowest BCUT2D eigenvalue weighted by Crippen LogP contribution is -2.44. The molecule has 1 saturated heterocycles. The van der Waals surface area contributed by atoms with Crippen molar-refractivity contribution >= 4 is 6.09 Å². The van der Waals surface area contributed by atoms with E-state index in [4.69, 9.17) is 4.74 Å². The minimum absolute atomic E-state index is 0.149. The van der Waals surface area contributed by atoms with Crippen LogP contribution in [0.3, 0.4) is 0 Å². The third-order valence-corrected chi connectivity index (χ3v) is 4.84. The Hall–Kier alpha value is -0.770. The van der Waals surface area contributed by atoms with Crippen LogP contribution in [0.25, 0.3) is 0 Å². The maximum atomic E-state index is 12.2. The number of carbonyl (C=O) groups excluding carboxylic acids is 1. The normalized spacial score (nSPS) is 23.8. The van der Waals surface area contributed by atoms with Gasteiger partial charge in [-0.3, -0.25) is 0 Å². The van der Waals surface area contributed by atoms with Gasteiger partial charge in [-0.25, -0.2) is 4.79 Å². The number of likely N-dealkylation sites (tertiary alicyclic amines) is 1. The van der Waals surface area contributed by atoms with E-state index in [-0.39, 0.29) is 6.09 Å². The van der Waals surface area contributed by atoms with E-state index in [0.29, 0.717) is 6.04 Å². The van der Waals surface area contributed by atoms with Crippen LogP contribution in [0.5, 0.6) is 0 Å². The number of carbonyl (C=O) groups is 1. The fourth-order valence-corrected chi connectivity index (χ4v) is 3.66. The smallest absolute Gasteiger partial charge is 0.410 e. The van der Waals surface area contributed by atoms with Gasteiger partial charge in [-0.05, 0) is 52.5 Å². The summed E-state index contributed by atoms with van der Waals surface area (Å²) in [6.45, 7) is 8.62. The van der Waals surface area contributed by atoms with Crippen LogP contribution in [-0.4, -0.2) is 42.3 Å². The van der Waals surface area contributed by atoms with Crippen LogP contribution >= 0.6 is 0 Å². The van der Waals surface area contributed by atoms with E-state index in [2.05, 4.69) is 5.32 Å². The zero-order chi connectivity index (χ0) is 16.0. The molecule has 2 fully saturated rings. The molecule has 22 heavy (non-hydrogen) atoms. The molecule has 0 aromatic rings. The van der Waals surface area contributed by atoms with E-state index >= 15 is 0 Å². The molecule has 0 aromatic heterocycles. The lowest BCUT2D eigenvalue weighted by atomic mass is 9.87. The zero-order valence-electron chi connectivity index (χ0n) is 14.7. The average Bonchev–Trinajstić information content (AvgIpc) is 2.91. The molecule has 0 bridgehead atoms. The van der Waals surface area contributed by atoms with Crippen molar-refractivity contribution in [2.24, 2.45) is 5.92 Å². The molecule has 0 spiro atoms. The van der Waals surface area contributed by atoms with Gasteiger partial charge in [0, 0.05) is 19.1 Å². The fraction of sp³-hybridized carbons (Fsp3) is 0.944. The first kappa shape index (κ1) is 17.6. The summed E-state index contributed by atoms with van der Waals surface area (Å²) in [5, 5.41) is 3.57. The van der Waals surface area contributed by atoms with Crippen molar-refractivity contribution in [3.8, 4) is 0 Å². The minimum atomic E-state index is -0.404. The Morgan fingerprint density at radius 2 is 1.86 bits per heavy atom. The Kier molecular flexibility index (Phi) is 6.54. The van der Waals surface area contributed by atoms with Gasteiger partial charge in [-0.1, -0.05) is 32.1 Å². The Labute approximate surface area is 136 Å². The van der Waals surface area contributed by atoms with Gasteiger partial charge in [0.25, 0.3) is 0 Å². The molecule has 1 unspecified atom stereocenters. The van der Waals surface area contributed by atoms with Crippen LogP contribution in [-0.2, 0) is 4.74 Å². The molecule has 0 aromatic carbocycles. The first-order valence-corrected chi connectivity index (χ1v) is 9.16. The maximum absolute atomic E-state index is 12.2. The van der Waals surface area contributed by atoms with E-state index in [1.54, 1.807) is 0 Å². The number of hydrogen-bond acceptors (Lipinski definition) is 3. The Bertz CT molecular complexity index is 345. The van der Waals surface area contributed by atoms with Gasteiger partial charge in [-0.15, -0.1) is 0 Å². The van der Waals surface area contributed by atoms with Gasteiger partial charge in [0.1, 0.15) is 5.60 Å². The molecule has 0 radical (unpaired) electrons. The van der Waals surface area contributed by atoms with Gasteiger partial charge in [-0.2, -0.15) is 0 Å². The van der Waals surface area contributed by atoms with Crippen LogP contribution in [0.2, 0.25) is 0 Å². The maximum Gasteiger partial charge on any atom is 0.410 e. The summed E-state index contributed by atoms with van der Waals surface area (Å²) in [7, 11) is 0. The lowest BCUT2D eigenvalue weighted by Gasteiger charge is -2.29. The molecule has 1 saturated carbocycles. The molecule has 2 aliphatic rings. The van der Waals surface area contributed by atoms with E-state index < -0.39 is 5.60 Å². The number of nitrogens with zero attached hydrogens (tertiary/aromatic N) is 1. The van der Waals surface area contributed by atoms with Crippen molar-refractivity contribution in [1.82, 2.24) is 10.2 Å². The Morgan fingerprint density at radius 3 is 2.55 bits per heavy atom. The topological polar surface area (TPSA) is 41.6 Å². The van der Waals surface area contributed by atoms with Crippen molar-refractivity contribution < 1.29 is 9.53 Å². The van der Waals surface area contributed by atoms with E-state index in [9.17, 15) is 4.79 Å². The van der Waals surface area contributed by atoms with E-state index in [0.717, 1.165) is 38.4 Å². The Balaban J connectivity index is 1.66. The van der Waals surface area contributed by atoms with Gasteiger partial charge in [0.2, 0.25) is 0 Å². The summed E-state index contributed by atoms with van der Waals surface area (Å²) in [6, 6.07) is 0.307. The highest BCUT2D eigenvalue weighted by Gasteiger charge is 2.31. The number of nitrogens with one attached hydrogen (secondary N) is 1. The number of rotatable bonds is 5. The van der Waals surface area contributed by atoms with Crippen LogP contribution in [0, 0.1) is 5.92 Å². The SMILES string of the molecule is CC(C)(C)OC(=O)N1CCCC1CNCCC1CCCCC1. The quantitative estimate of drug-likeness (QED) is 0.782. The van der Waals surface area contributed by atoms with E-state index in [1.807, 2.05) is 25.7 Å². The number of amides is 1. The monoisotopic (exact) mass is 310 g/mol. The first-order valence-electron chi connectivity index (χ1n) is 9.16. The molecular formula is C18H34N2O2. The van der Waals surface area contributed by atoms with Gasteiger partial charge >= 0.3 is 6.09 Å². The molecule has 1 aliphatic heterocycles. The Morgan fingerprint density at radius 1 is 1.14 bits per heavy atom. The third kappa shape index (κ3) is 5.79. The number of ether oxygens (including phenoxy) is 1. The zero-order valence-corrected chi connectivity index (χ0v) is 14.7. The fourth-order valence-electron chi connectivity index (χ4n) is 3.66. The van der Waals surface area contributed by atoms with Gasteiger partial charge in [0.05, 0.1) is 0 Å². The highest BCUT2D eigenvalue weighted by Crippen LogP contribution is 2.26. The second-order valence-electron chi connectivity index (χ2n) is 7.97. The highest BCUT2D eigenvalue weighted by atomic mass is 16.6. The van der Waals surface area contributed by atoms with Crippen LogP contribution in [0.4, 0.5) is 4.79 Å². The molecule has 4 nitrogen and oxygen atoms in total. The molecule has 128 valence electrons. The predicted molar refractivity (Wildman–Crippen MR) is 90.0 cm³/mol.